The van der Waals surface area contributed by atoms with Crippen LogP contribution in [0.4, 0.5) is 4.79 Å². The van der Waals surface area contributed by atoms with Gasteiger partial charge in [-0.2, -0.15) is 0 Å². The van der Waals surface area contributed by atoms with E-state index in [9.17, 15) is 9.59 Å². The number of amides is 2. The number of likely N-dealkylation sites (N-methyl/N-ethyl adjacent to an activating group) is 1. The Bertz CT molecular complexity index is 368. The van der Waals surface area contributed by atoms with Gasteiger partial charge < -0.3 is 14.5 Å². The molecule has 0 spiro atoms. The monoisotopic (exact) mass is 318 g/mol. The minimum absolute atomic E-state index is 0.00490. The molecular weight excluding hydrogens is 292 g/mol. The maximum atomic E-state index is 12.2. The molecule has 5 nitrogen and oxygen atoms in total. The summed E-state index contributed by atoms with van der Waals surface area (Å²) in [5.74, 6) is -0.0590. The van der Waals surface area contributed by atoms with E-state index >= 15 is 0 Å². The Hall–Kier alpha value is -0.970. The molecule has 0 saturated carbocycles. The van der Waals surface area contributed by atoms with Crippen LogP contribution in [-0.2, 0) is 9.53 Å². The van der Waals surface area contributed by atoms with E-state index in [4.69, 9.17) is 16.3 Å². The van der Waals surface area contributed by atoms with Gasteiger partial charge in [0.1, 0.15) is 11.5 Å². The first-order chi connectivity index (χ1) is 9.78. The fourth-order valence-corrected chi connectivity index (χ4v) is 2.66. The van der Waals surface area contributed by atoms with E-state index in [1.165, 1.54) is 0 Å². The summed E-state index contributed by atoms with van der Waals surface area (Å²) in [4.78, 5) is 27.6. The summed E-state index contributed by atoms with van der Waals surface area (Å²) in [5.41, 5.74) is -0.511. The summed E-state index contributed by atoms with van der Waals surface area (Å²) in [5, 5.41) is 0. The maximum Gasteiger partial charge on any atom is 0.410 e. The molecule has 0 bridgehead atoms. The SMILES string of the molecule is CCN(CC1CCCCN1C(=O)CCl)C(=O)OC(C)(C)C. The molecule has 1 atom stereocenters. The molecule has 1 aliphatic rings. The minimum Gasteiger partial charge on any atom is -0.444 e. The quantitative estimate of drug-likeness (QED) is 0.749. The van der Waals surface area contributed by atoms with Crippen molar-refractivity contribution in [2.45, 2.75) is 58.6 Å². The number of ether oxygens (including phenoxy) is 1. The summed E-state index contributed by atoms with van der Waals surface area (Å²) >= 11 is 5.67. The lowest BCUT2D eigenvalue weighted by Crippen LogP contribution is -2.51. The summed E-state index contributed by atoms with van der Waals surface area (Å²) in [6.07, 6.45) is 2.65. The molecule has 122 valence electrons. The summed E-state index contributed by atoms with van der Waals surface area (Å²) < 4.78 is 5.41. The molecule has 1 unspecified atom stereocenters. The number of alkyl halides is 1. The number of carbonyl (C=O) groups excluding carboxylic acids is 2. The van der Waals surface area contributed by atoms with Crippen LogP contribution in [0.25, 0.3) is 0 Å². The highest BCUT2D eigenvalue weighted by Gasteiger charge is 2.30. The van der Waals surface area contributed by atoms with Crippen molar-refractivity contribution in [1.82, 2.24) is 9.80 Å². The van der Waals surface area contributed by atoms with Crippen molar-refractivity contribution in [1.29, 1.82) is 0 Å². The Kier molecular flexibility index (Phi) is 6.78. The first kappa shape index (κ1) is 18.1. The zero-order valence-electron chi connectivity index (χ0n) is 13.5. The first-order valence-corrected chi connectivity index (χ1v) is 8.15. The van der Waals surface area contributed by atoms with Gasteiger partial charge in [-0.05, 0) is 47.0 Å². The Labute approximate surface area is 132 Å². The number of hydrogen-bond donors (Lipinski definition) is 0. The lowest BCUT2D eigenvalue weighted by Gasteiger charge is -2.38. The predicted molar refractivity (Wildman–Crippen MR) is 83.6 cm³/mol. The van der Waals surface area contributed by atoms with E-state index in [1.54, 1.807) is 4.90 Å². The normalized spacial score (nSPS) is 19.3. The van der Waals surface area contributed by atoms with Crippen molar-refractivity contribution < 1.29 is 14.3 Å². The zero-order valence-corrected chi connectivity index (χ0v) is 14.3. The molecule has 1 rings (SSSR count). The molecule has 0 aromatic carbocycles. The van der Waals surface area contributed by atoms with Crippen molar-refractivity contribution in [2.24, 2.45) is 0 Å². The molecule has 21 heavy (non-hydrogen) atoms. The molecule has 1 saturated heterocycles. The van der Waals surface area contributed by atoms with Crippen LogP contribution in [0.15, 0.2) is 0 Å². The third kappa shape index (κ3) is 5.73. The standard InChI is InChI=1S/C15H27ClN2O3/c1-5-17(14(20)21-15(2,3)4)11-12-8-6-7-9-18(12)13(19)10-16/h12H,5-11H2,1-4H3. The van der Waals surface area contributed by atoms with E-state index in [2.05, 4.69) is 0 Å². The molecule has 0 aromatic rings. The van der Waals surface area contributed by atoms with Gasteiger partial charge >= 0.3 is 6.09 Å². The van der Waals surface area contributed by atoms with Gasteiger partial charge in [-0.3, -0.25) is 4.79 Å². The molecule has 1 fully saturated rings. The van der Waals surface area contributed by atoms with Crippen molar-refractivity contribution in [2.75, 3.05) is 25.5 Å². The van der Waals surface area contributed by atoms with E-state index in [1.807, 2.05) is 32.6 Å². The van der Waals surface area contributed by atoms with Crippen LogP contribution in [0.5, 0.6) is 0 Å². The van der Waals surface area contributed by atoms with Crippen LogP contribution in [0, 0.1) is 0 Å². The summed E-state index contributed by atoms with van der Waals surface area (Å²) in [6, 6.07) is 0.0393. The molecule has 0 aromatic heterocycles. The summed E-state index contributed by atoms with van der Waals surface area (Å²) in [6.45, 7) is 9.26. The average Bonchev–Trinajstić information content (AvgIpc) is 2.42. The molecular formula is C15H27ClN2O3. The third-order valence-corrected chi connectivity index (χ3v) is 3.75. The topological polar surface area (TPSA) is 49.9 Å². The van der Waals surface area contributed by atoms with E-state index in [-0.39, 0.29) is 23.9 Å². The van der Waals surface area contributed by atoms with Crippen molar-refractivity contribution in [3.63, 3.8) is 0 Å². The number of likely N-dealkylation sites (tertiary alicyclic amines) is 1. The minimum atomic E-state index is -0.511. The van der Waals surface area contributed by atoms with Crippen molar-refractivity contribution in [3.05, 3.63) is 0 Å². The molecule has 2 amide bonds. The zero-order chi connectivity index (χ0) is 16.0. The Morgan fingerprint density at radius 3 is 2.52 bits per heavy atom. The van der Waals surface area contributed by atoms with E-state index in [0.717, 1.165) is 25.8 Å². The lowest BCUT2D eigenvalue weighted by atomic mass is 10.0. The second-order valence-corrected chi connectivity index (χ2v) is 6.66. The first-order valence-electron chi connectivity index (χ1n) is 7.62. The van der Waals surface area contributed by atoms with E-state index < -0.39 is 5.60 Å². The number of rotatable bonds is 4. The summed E-state index contributed by atoms with van der Waals surface area (Å²) in [7, 11) is 0. The van der Waals surface area contributed by atoms with E-state index in [0.29, 0.717) is 13.1 Å². The van der Waals surface area contributed by atoms with Gasteiger partial charge in [0.2, 0.25) is 5.91 Å². The molecule has 6 heteroatoms. The lowest BCUT2D eigenvalue weighted by molar-refractivity contribution is -0.132. The second-order valence-electron chi connectivity index (χ2n) is 6.39. The van der Waals surface area contributed by atoms with Gasteiger partial charge in [0.25, 0.3) is 0 Å². The predicted octanol–water partition coefficient (Wildman–Crippen LogP) is 2.86. The van der Waals surface area contributed by atoms with Crippen LogP contribution in [0.2, 0.25) is 0 Å². The van der Waals surface area contributed by atoms with Crippen LogP contribution in [0.1, 0.15) is 47.0 Å². The fraction of sp³-hybridized carbons (Fsp3) is 0.867. The smallest absolute Gasteiger partial charge is 0.410 e. The van der Waals surface area contributed by atoms with Gasteiger partial charge in [-0.15, -0.1) is 11.6 Å². The molecule has 1 heterocycles. The number of piperidine rings is 1. The van der Waals surface area contributed by atoms with Gasteiger partial charge in [-0.25, -0.2) is 4.79 Å². The number of carbonyl (C=O) groups is 2. The number of halogens is 1. The fourth-order valence-electron chi connectivity index (χ4n) is 2.51. The Morgan fingerprint density at radius 1 is 1.33 bits per heavy atom. The molecule has 1 aliphatic heterocycles. The number of hydrogen-bond acceptors (Lipinski definition) is 3. The van der Waals surface area contributed by atoms with Crippen molar-refractivity contribution >= 4 is 23.6 Å². The van der Waals surface area contributed by atoms with Crippen LogP contribution in [0.3, 0.4) is 0 Å². The van der Waals surface area contributed by atoms with Gasteiger partial charge in [0.05, 0.1) is 0 Å². The Balaban J connectivity index is 2.69. The third-order valence-electron chi connectivity index (χ3n) is 3.53. The average molecular weight is 319 g/mol. The van der Waals surface area contributed by atoms with Gasteiger partial charge in [0.15, 0.2) is 0 Å². The highest BCUT2D eigenvalue weighted by Crippen LogP contribution is 2.19. The van der Waals surface area contributed by atoms with Crippen LogP contribution < -0.4 is 0 Å². The highest BCUT2D eigenvalue weighted by molar-refractivity contribution is 6.27. The van der Waals surface area contributed by atoms with Gasteiger partial charge in [-0.1, -0.05) is 0 Å². The highest BCUT2D eigenvalue weighted by atomic mass is 35.5. The second kappa shape index (κ2) is 7.87. The van der Waals surface area contributed by atoms with Gasteiger partial charge in [0, 0.05) is 25.7 Å². The van der Waals surface area contributed by atoms with Crippen molar-refractivity contribution in [3.8, 4) is 0 Å². The van der Waals surface area contributed by atoms with Crippen LogP contribution >= 0.6 is 11.6 Å². The molecule has 0 N–H and O–H groups in total. The number of nitrogens with zero attached hydrogens (tertiary/aromatic N) is 2. The Morgan fingerprint density at radius 2 is 2.00 bits per heavy atom. The maximum absolute atomic E-state index is 12.2. The molecule has 0 radical (unpaired) electrons. The van der Waals surface area contributed by atoms with Crippen LogP contribution in [-0.4, -0.2) is 59.0 Å². The largest absolute Gasteiger partial charge is 0.444 e. The molecule has 0 aliphatic carbocycles.